The van der Waals surface area contributed by atoms with Crippen LogP contribution in [0.2, 0.25) is 0 Å². The van der Waals surface area contributed by atoms with E-state index in [1.807, 2.05) is 0 Å². The molecule has 0 amide bonds. The smallest absolute Gasteiger partial charge is 0.00204 e. The molecule has 164 valence electrons. The van der Waals surface area contributed by atoms with Crippen LogP contribution in [0.3, 0.4) is 0 Å². The largest absolute Gasteiger partial charge is 0.316 e. The molecule has 0 bridgehead atoms. The first kappa shape index (κ1) is 27.0. The molecule has 0 fully saturated rings. The molecule has 1 heteroatoms. The zero-order chi connectivity index (χ0) is 20.0. The summed E-state index contributed by atoms with van der Waals surface area (Å²) in [6.07, 6.45) is 25.6. The zero-order valence-corrected chi connectivity index (χ0v) is 19.8. The van der Waals surface area contributed by atoms with E-state index in [1.54, 1.807) is 0 Å². The van der Waals surface area contributed by atoms with Crippen LogP contribution in [0.5, 0.6) is 0 Å². The maximum absolute atomic E-state index is 3.88. The van der Waals surface area contributed by atoms with Crippen LogP contribution >= 0.6 is 0 Å². The number of hydrogen-bond donors (Lipinski definition) is 1. The van der Waals surface area contributed by atoms with Crippen LogP contribution in [0, 0.1) is 11.8 Å². The van der Waals surface area contributed by atoms with Gasteiger partial charge in [0.1, 0.15) is 0 Å². The molecule has 27 heavy (non-hydrogen) atoms. The predicted octanol–water partition coefficient (Wildman–Crippen LogP) is 8.91. The van der Waals surface area contributed by atoms with Crippen molar-refractivity contribution in [1.29, 1.82) is 0 Å². The molecule has 0 aromatic carbocycles. The molecule has 0 saturated carbocycles. The van der Waals surface area contributed by atoms with E-state index >= 15 is 0 Å². The molecule has 2 atom stereocenters. The van der Waals surface area contributed by atoms with E-state index in [0.29, 0.717) is 0 Å². The van der Waals surface area contributed by atoms with Crippen molar-refractivity contribution in [2.45, 2.75) is 143 Å². The lowest BCUT2D eigenvalue weighted by Crippen LogP contribution is -2.28. The fourth-order valence-electron chi connectivity index (χ4n) is 4.43. The van der Waals surface area contributed by atoms with Gasteiger partial charge in [0, 0.05) is 0 Å². The highest BCUT2D eigenvalue weighted by atomic mass is 14.9. The molecule has 2 unspecified atom stereocenters. The van der Waals surface area contributed by atoms with Crippen LogP contribution in [0.15, 0.2) is 0 Å². The minimum absolute atomic E-state index is 0.914. The van der Waals surface area contributed by atoms with Gasteiger partial charge in [0.15, 0.2) is 0 Å². The van der Waals surface area contributed by atoms with E-state index in [2.05, 4.69) is 33.0 Å². The maximum Gasteiger partial charge on any atom is -0.00204 e. The Balaban J connectivity index is 3.87. The van der Waals surface area contributed by atoms with Crippen LogP contribution in [-0.2, 0) is 0 Å². The number of rotatable bonds is 22. The van der Waals surface area contributed by atoms with Crippen LogP contribution in [0.4, 0.5) is 0 Å². The highest BCUT2D eigenvalue weighted by molar-refractivity contribution is 4.67. The summed E-state index contributed by atoms with van der Waals surface area (Å²) in [5.41, 5.74) is 0. The molecule has 0 radical (unpaired) electrons. The highest BCUT2D eigenvalue weighted by Gasteiger charge is 2.11. The summed E-state index contributed by atoms with van der Waals surface area (Å²) < 4.78 is 0. The standard InChI is InChI=1S/C26H55N/c1-5-9-11-13-15-17-21-25(19-7-3)23-27-24-26(20-8-4)22-18-16-14-12-10-6-2/h25-27H,5-24H2,1-4H3. The zero-order valence-electron chi connectivity index (χ0n) is 19.8. The fourth-order valence-corrected chi connectivity index (χ4v) is 4.43. The SMILES string of the molecule is CCCCCCCCC(CCC)CNCC(CCC)CCCCCCCC. The van der Waals surface area contributed by atoms with E-state index in [1.165, 1.54) is 129 Å². The molecule has 0 heterocycles. The van der Waals surface area contributed by atoms with E-state index in [0.717, 1.165) is 11.8 Å². The summed E-state index contributed by atoms with van der Waals surface area (Å²) in [5, 5.41) is 3.88. The highest BCUT2D eigenvalue weighted by Crippen LogP contribution is 2.19. The Morgan fingerprint density at radius 3 is 1.15 bits per heavy atom. The van der Waals surface area contributed by atoms with Crippen molar-refractivity contribution in [2.75, 3.05) is 13.1 Å². The van der Waals surface area contributed by atoms with Crippen LogP contribution < -0.4 is 5.32 Å². The minimum atomic E-state index is 0.914. The molecule has 0 rings (SSSR count). The van der Waals surface area contributed by atoms with Gasteiger partial charge in [0.25, 0.3) is 0 Å². The van der Waals surface area contributed by atoms with Gasteiger partial charge in [-0.2, -0.15) is 0 Å². The number of nitrogens with one attached hydrogen (secondary N) is 1. The van der Waals surface area contributed by atoms with Gasteiger partial charge in [0.05, 0.1) is 0 Å². The van der Waals surface area contributed by atoms with Gasteiger partial charge in [-0.3, -0.25) is 0 Å². The summed E-state index contributed by atoms with van der Waals surface area (Å²) in [4.78, 5) is 0. The lowest BCUT2D eigenvalue weighted by Gasteiger charge is -2.21. The molecule has 0 aliphatic carbocycles. The van der Waals surface area contributed by atoms with Crippen molar-refractivity contribution >= 4 is 0 Å². The second-order valence-corrected chi connectivity index (χ2v) is 9.08. The second-order valence-electron chi connectivity index (χ2n) is 9.08. The lowest BCUT2D eigenvalue weighted by molar-refractivity contribution is 0.351. The average Bonchev–Trinajstić information content (AvgIpc) is 2.67. The Morgan fingerprint density at radius 2 is 0.778 bits per heavy atom. The first-order valence-electron chi connectivity index (χ1n) is 13.0. The van der Waals surface area contributed by atoms with Crippen molar-refractivity contribution in [3.63, 3.8) is 0 Å². The molecule has 0 aromatic rings. The summed E-state index contributed by atoms with van der Waals surface area (Å²) in [5.74, 6) is 1.83. The van der Waals surface area contributed by atoms with E-state index in [4.69, 9.17) is 0 Å². The lowest BCUT2D eigenvalue weighted by atomic mass is 9.94. The Morgan fingerprint density at radius 1 is 0.407 bits per heavy atom. The molecular weight excluding hydrogens is 326 g/mol. The maximum atomic E-state index is 3.88. The molecular formula is C26H55N. The molecule has 0 aliphatic heterocycles. The molecule has 1 N–H and O–H groups in total. The Hall–Kier alpha value is -0.0400. The predicted molar refractivity (Wildman–Crippen MR) is 126 cm³/mol. The topological polar surface area (TPSA) is 12.0 Å². The number of unbranched alkanes of at least 4 members (excludes halogenated alkanes) is 10. The van der Waals surface area contributed by atoms with Crippen LogP contribution in [0.1, 0.15) is 143 Å². The Labute approximate surface area is 173 Å². The van der Waals surface area contributed by atoms with Gasteiger partial charge >= 0.3 is 0 Å². The third-order valence-electron chi connectivity index (χ3n) is 6.19. The first-order valence-corrected chi connectivity index (χ1v) is 13.0. The van der Waals surface area contributed by atoms with Crippen molar-refractivity contribution < 1.29 is 0 Å². The fraction of sp³-hybridized carbons (Fsp3) is 1.00. The molecule has 0 spiro atoms. The molecule has 0 aliphatic rings. The van der Waals surface area contributed by atoms with E-state index < -0.39 is 0 Å². The van der Waals surface area contributed by atoms with Crippen molar-refractivity contribution in [1.82, 2.24) is 5.32 Å². The monoisotopic (exact) mass is 381 g/mol. The van der Waals surface area contributed by atoms with E-state index in [-0.39, 0.29) is 0 Å². The van der Waals surface area contributed by atoms with Crippen molar-refractivity contribution in [3.05, 3.63) is 0 Å². The first-order chi connectivity index (χ1) is 13.3. The quantitative estimate of drug-likeness (QED) is 0.185. The third kappa shape index (κ3) is 19.1. The molecule has 0 aromatic heterocycles. The Bertz CT molecular complexity index is 237. The normalized spacial score (nSPS) is 13.8. The van der Waals surface area contributed by atoms with Crippen LogP contribution in [0.25, 0.3) is 0 Å². The molecule has 0 saturated heterocycles. The summed E-state index contributed by atoms with van der Waals surface area (Å²) >= 11 is 0. The van der Waals surface area contributed by atoms with Gasteiger partial charge < -0.3 is 5.32 Å². The number of hydrogen-bond acceptors (Lipinski definition) is 1. The van der Waals surface area contributed by atoms with Gasteiger partial charge in [0.2, 0.25) is 0 Å². The summed E-state index contributed by atoms with van der Waals surface area (Å²) in [6, 6.07) is 0. The molecule has 1 nitrogen and oxygen atoms in total. The van der Waals surface area contributed by atoms with Crippen molar-refractivity contribution in [3.8, 4) is 0 Å². The second kappa shape index (κ2) is 22.3. The van der Waals surface area contributed by atoms with Gasteiger partial charge in [-0.05, 0) is 50.6 Å². The minimum Gasteiger partial charge on any atom is -0.316 e. The van der Waals surface area contributed by atoms with Gasteiger partial charge in [-0.1, -0.05) is 118 Å². The summed E-state index contributed by atoms with van der Waals surface area (Å²) in [7, 11) is 0. The average molecular weight is 382 g/mol. The van der Waals surface area contributed by atoms with Gasteiger partial charge in [-0.15, -0.1) is 0 Å². The summed E-state index contributed by atoms with van der Waals surface area (Å²) in [6.45, 7) is 11.8. The third-order valence-corrected chi connectivity index (χ3v) is 6.19. The van der Waals surface area contributed by atoms with Crippen molar-refractivity contribution in [2.24, 2.45) is 11.8 Å². The van der Waals surface area contributed by atoms with Gasteiger partial charge in [-0.25, -0.2) is 0 Å². The van der Waals surface area contributed by atoms with Crippen LogP contribution in [-0.4, -0.2) is 13.1 Å². The van der Waals surface area contributed by atoms with E-state index in [9.17, 15) is 0 Å². The Kier molecular flexibility index (Phi) is 22.2.